The zero-order chi connectivity index (χ0) is 12.6. The lowest BCUT2D eigenvalue weighted by atomic mass is 10.1. The summed E-state index contributed by atoms with van der Waals surface area (Å²) in [6.45, 7) is 2.53. The maximum Gasteiger partial charge on any atom is 0.333 e. The van der Waals surface area contributed by atoms with Gasteiger partial charge in [0.1, 0.15) is 6.54 Å². The van der Waals surface area contributed by atoms with Crippen LogP contribution in [0.2, 0.25) is 0 Å². The summed E-state index contributed by atoms with van der Waals surface area (Å²) in [6, 6.07) is -0.815. The van der Waals surface area contributed by atoms with Gasteiger partial charge < -0.3 is 0 Å². The first-order valence-electron chi connectivity index (χ1n) is 5.41. The number of fused-ring (bicyclic) bond motifs is 1. The molecule has 0 aromatic heterocycles. The number of amides is 3. The number of nitrogens with zero attached hydrogens (tertiary/aromatic N) is 4. The maximum absolute atomic E-state index is 12.0. The predicted molar refractivity (Wildman–Crippen MR) is 63.2 cm³/mol. The quantitative estimate of drug-likeness (QED) is 0.496. The van der Waals surface area contributed by atoms with Crippen molar-refractivity contribution in [3.63, 3.8) is 0 Å². The van der Waals surface area contributed by atoms with E-state index in [2.05, 4.69) is 4.99 Å². The maximum atomic E-state index is 12.0. The summed E-state index contributed by atoms with van der Waals surface area (Å²) in [7, 11) is 3.12. The smallest absolute Gasteiger partial charge is 0.269 e. The molecule has 1 atom stereocenters. The molecule has 0 aliphatic carbocycles. The van der Waals surface area contributed by atoms with E-state index in [1.807, 2.05) is 23.7 Å². The van der Waals surface area contributed by atoms with Gasteiger partial charge in [-0.25, -0.2) is 9.37 Å². The molecule has 0 spiro atoms. The van der Waals surface area contributed by atoms with Gasteiger partial charge in [0.25, 0.3) is 24.1 Å². The van der Waals surface area contributed by atoms with Gasteiger partial charge in [0.2, 0.25) is 0 Å². The fraction of sp³-hybridized carbons (Fsp3) is 0.455. The van der Waals surface area contributed by atoms with E-state index >= 15 is 0 Å². The Bertz CT molecular complexity index is 464. The van der Waals surface area contributed by atoms with Crippen LogP contribution in [0.3, 0.4) is 0 Å². The van der Waals surface area contributed by atoms with Crippen LogP contribution in [-0.2, 0) is 4.79 Å². The van der Waals surface area contributed by atoms with E-state index in [1.165, 1.54) is 11.9 Å². The number of allylic oxidation sites excluding steroid dienone is 1. The molecule has 2 aliphatic rings. The highest BCUT2D eigenvalue weighted by molar-refractivity contribution is 6.21. The lowest BCUT2D eigenvalue weighted by Gasteiger charge is -2.30. The van der Waals surface area contributed by atoms with Crippen LogP contribution < -0.4 is 0 Å². The van der Waals surface area contributed by atoms with E-state index in [-0.39, 0.29) is 11.9 Å². The summed E-state index contributed by atoms with van der Waals surface area (Å²) in [4.78, 5) is 30.4. The third kappa shape index (κ3) is 1.65. The first kappa shape index (κ1) is 11.5. The second-order valence-corrected chi connectivity index (χ2v) is 4.01. The van der Waals surface area contributed by atoms with Crippen molar-refractivity contribution in [2.24, 2.45) is 4.99 Å². The molecular formula is C11H15N4O2+. The number of amidine groups is 1. The second-order valence-electron chi connectivity index (χ2n) is 4.01. The van der Waals surface area contributed by atoms with Gasteiger partial charge in [-0.15, -0.1) is 0 Å². The molecule has 0 aromatic rings. The molecule has 0 radical (unpaired) electrons. The zero-order valence-corrected chi connectivity index (χ0v) is 10.1. The Hall–Kier alpha value is -1.98. The first-order chi connectivity index (χ1) is 8.07. The number of carbonyl (C=O) groups excluding carboxylic acids is 2. The van der Waals surface area contributed by atoms with Gasteiger partial charge in [0, 0.05) is 14.1 Å². The lowest BCUT2D eigenvalue weighted by Crippen LogP contribution is -2.61. The van der Waals surface area contributed by atoms with Crippen LogP contribution in [0.1, 0.15) is 6.92 Å². The van der Waals surface area contributed by atoms with Gasteiger partial charge in [-0.2, -0.15) is 0 Å². The average molecular weight is 235 g/mol. The summed E-state index contributed by atoms with van der Waals surface area (Å²) < 4.78 is 1.82. The number of likely N-dealkylation sites (N-methyl/N-ethyl adjacent to an activating group) is 2. The van der Waals surface area contributed by atoms with Gasteiger partial charge in [0.15, 0.2) is 0 Å². The Labute approximate surface area is 99.5 Å². The monoisotopic (exact) mass is 235 g/mol. The summed E-state index contributed by atoms with van der Waals surface area (Å²) >= 11 is 0. The molecule has 2 heterocycles. The van der Waals surface area contributed by atoms with Crippen molar-refractivity contribution in [3.05, 3.63) is 12.2 Å². The van der Waals surface area contributed by atoms with Crippen LogP contribution in [0.4, 0.5) is 4.79 Å². The largest absolute Gasteiger partial charge is 0.333 e. The van der Waals surface area contributed by atoms with E-state index in [1.54, 1.807) is 13.4 Å². The van der Waals surface area contributed by atoms with Crippen molar-refractivity contribution >= 4 is 24.1 Å². The van der Waals surface area contributed by atoms with Crippen LogP contribution in [0.5, 0.6) is 0 Å². The number of aliphatic imine (C=N–C) groups is 1. The third-order valence-electron chi connectivity index (χ3n) is 2.95. The van der Waals surface area contributed by atoms with E-state index in [4.69, 9.17) is 0 Å². The molecule has 6 nitrogen and oxygen atoms in total. The van der Waals surface area contributed by atoms with Crippen molar-refractivity contribution in [3.8, 4) is 0 Å². The molecule has 3 amide bonds. The number of imide groups is 1. The van der Waals surface area contributed by atoms with Gasteiger partial charge >= 0.3 is 6.03 Å². The first-order valence-corrected chi connectivity index (χ1v) is 5.41. The molecule has 0 N–H and O–H groups in total. The lowest BCUT2D eigenvalue weighted by molar-refractivity contribution is -0.521. The summed E-state index contributed by atoms with van der Waals surface area (Å²) in [5.74, 6) is 0.271. The molecular weight excluding hydrogens is 220 g/mol. The molecule has 1 fully saturated rings. The van der Waals surface area contributed by atoms with Crippen LogP contribution in [0.25, 0.3) is 0 Å². The number of hydrogen-bond donors (Lipinski definition) is 0. The second kappa shape index (κ2) is 4.12. The number of rotatable bonds is 2. The minimum absolute atomic E-state index is 0.231. The Morgan fingerprint density at radius 2 is 2.12 bits per heavy atom. The van der Waals surface area contributed by atoms with Gasteiger partial charge in [-0.05, 0) is 18.0 Å². The Morgan fingerprint density at radius 1 is 1.41 bits per heavy atom. The molecule has 6 heteroatoms. The molecule has 2 aliphatic heterocycles. The number of urea groups is 1. The minimum atomic E-state index is -0.473. The molecule has 0 bridgehead atoms. The normalized spacial score (nSPS) is 24.3. The fourth-order valence-corrected chi connectivity index (χ4v) is 1.92. The third-order valence-corrected chi connectivity index (χ3v) is 2.95. The summed E-state index contributed by atoms with van der Waals surface area (Å²) in [5, 5.41) is 0. The average Bonchev–Trinajstić information content (AvgIpc) is 2.75. The van der Waals surface area contributed by atoms with Crippen molar-refractivity contribution in [1.82, 2.24) is 9.80 Å². The number of hydrogen-bond acceptors (Lipinski definition) is 3. The Kier molecular flexibility index (Phi) is 2.79. The highest BCUT2D eigenvalue weighted by Gasteiger charge is 2.50. The van der Waals surface area contributed by atoms with Gasteiger partial charge in [0.05, 0.1) is 0 Å². The summed E-state index contributed by atoms with van der Waals surface area (Å²) in [5.41, 5.74) is 0. The number of carbonyl (C=O) groups is 2. The molecule has 1 saturated heterocycles. The van der Waals surface area contributed by atoms with E-state index in [0.717, 1.165) is 4.90 Å². The van der Waals surface area contributed by atoms with Gasteiger partial charge in [-0.3, -0.25) is 14.6 Å². The summed E-state index contributed by atoms with van der Waals surface area (Å²) in [6.07, 6.45) is 5.47. The highest BCUT2D eigenvalue weighted by atomic mass is 16.2. The standard InChI is InChI=1S/C11H15N4O2/c1-4-5-6-15-7-12-9-8(15)10(16)14(3)11(17)13(9)2/h4-5,7-8H,6H2,1-3H3/q+1/b5-4+. The van der Waals surface area contributed by atoms with Crippen LogP contribution in [-0.4, -0.2) is 65.2 Å². The Morgan fingerprint density at radius 3 is 2.76 bits per heavy atom. The van der Waals surface area contributed by atoms with Crippen molar-refractivity contribution in [1.29, 1.82) is 0 Å². The van der Waals surface area contributed by atoms with E-state index in [0.29, 0.717) is 12.4 Å². The van der Waals surface area contributed by atoms with Crippen LogP contribution >= 0.6 is 0 Å². The Balaban J connectivity index is 2.29. The molecule has 17 heavy (non-hydrogen) atoms. The molecule has 90 valence electrons. The topological polar surface area (TPSA) is 56.0 Å². The SMILES string of the molecule is C/C=C/C[N+]1=CN=C2C1C(=O)N(C)C(=O)N2C. The zero-order valence-electron chi connectivity index (χ0n) is 10.1. The van der Waals surface area contributed by atoms with Gasteiger partial charge in [-0.1, -0.05) is 6.08 Å². The molecule has 2 rings (SSSR count). The molecule has 0 aromatic carbocycles. The minimum Gasteiger partial charge on any atom is -0.269 e. The van der Waals surface area contributed by atoms with Crippen LogP contribution in [0.15, 0.2) is 17.1 Å². The van der Waals surface area contributed by atoms with Crippen molar-refractivity contribution < 1.29 is 14.2 Å². The highest BCUT2D eigenvalue weighted by Crippen LogP contribution is 2.16. The van der Waals surface area contributed by atoms with E-state index in [9.17, 15) is 9.59 Å². The van der Waals surface area contributed by atoms with E-state index < -0.39 is 6.04 Å². The van der Waals surface area contributed by atoms with Crippen molar-refractivity contribution in [2.75, 3.05) is 20.6 Å². The van der Waals surface area contributed by atoms with Crippen LogP contribution in [0, 0.1) is 0 Å². The van der Waals surface area contributed by atoms with Crippen molar-refractivity contribution in [2.45, 2.75) is 13.0 Å². The molecule has 0 saturated carbocycles. The fourth-order valence-electron chi connectivity index (χ4n) is 1.92. The predicted octanol–water partition coefficient (Wildman–Crippen LogP) is -0.0922. The molecule has 1 unspecified atom stereocenters.